The van der Waals surface area contributed by atoms with Crippen molar-refractivity contribution in [2.45, 2.75) is 40.5 Å². The van der Waals surface area contributed by atoms with Gasteiger partial charge in [-0.25, -0.2) is 0 Å². The van der Waals surface area contributed by atoms with Gasteiger partial charge in [0, 0.05) is 6.42 Å². The summed E-state index contributed by atoms with van der Waals surface area (Å²) in [7, 11) is 0. The van der Waals surface area contributed by atoms with E-state index in [9.17, 15) is 4.79 Å². The van der Waals surface area contributed by atoms with Crippen molar-refractivity contribution >= 4 is 16.9 Å². The maximum absolute atomic E-state index is 11.1. The van der Waals surface area contributed by atoms with Crippen LogP contribution in [0.3, 0.4) is 0 Å². The van der Waals surface area contributed by atoms with E-state index in [-0.39, 0.29) is 0 Å². The molecule has 11 heavy (non-hydrogen) atoms. The van der Waals surface area contributed by atoms with E-state index in [1.807, 2.05) is 6.92 Å². The Morgan fingerprint density at radius 3 is 2.27 bits per heavy atom. The normalized spacial score (nSPS) is 11.6. The first-order valence-electron chi connectivity index (χ1n) is 4.11. The molecule has 0 aliphatic carbocycles. The van der Waals surface area contributed by atoms with Crippen molar-refractivity contribution in [3.8, 4) is 0 Å². The zero-order valence-electron chi connectivity index (χ0n) is 7.94. The SMILES string of the molecule is CCSC(=O)CCC(C)(C)C. The highest BCUT2D eigenvalue weighted by molar-refractivity contribution is 8.13. The maximum atomic E-state index is 11.1. The fraction of sp³-hybridized carbons (Fsp3) is 0.889. The van der Waals surface area contributed by atoms with Crippen molar-refractivity contribution in [2.24, 2.45) is 5.41 Å². The van der Waals surface area contributed by atoms with E-state index in [1.54, 1.807) is 0 Å². The predicted octanol–water partition coefficient (Wildman–Crippen LogP) is 3.09. The molecule has 0 saturated heterocycles. The quantitative estimate of drug-likeness (QED) is 0.654. The van der Waals surface area contributed by atoms with Crippen molar-refractivity contribution in [2.75, 3.05) is 5.75 Å². The molecule has 0 amide bonds. The van der Waals surface area contributed by atoms with Crippen molar-refractivity contribution in [1.29, 1.82) is 0 Å². The molecular formula is C9H18OS. The van der Waals surface area contributed by atoms with Crippen LogP contribution in [-0.4, -0.2) is 10.9 Å². The third kappa shape index (κ3) is 7.92. The second-order valence-electron chi connectivity index (χ2n) is 3.87. The van der Waals surface area contributed by atoms with E-state index in [0.29, 0.717) is 10.5 Å². The summed E-state index contributed by atoms with van der Waals surface area (Å²) in [6, 6.07) is 0. The highest BCUT2D eigenvalue weighted by Gasteiger charge is 2.12. The molecule has 0 aliphatic heterocycles. The Morgan fingerprint density at radius 1 is 1.36 bits per heavy atom. The molecule has 0 fully saturated rings. The molecule has 0 heterocycles. The van der Waals surface area contributed by atoms with E-state index >= 15 is 0 Å². The average molecular weight is 174 g/mol. The summed E-state index contributed by atoms with van der Waals surface area (Å²) in [6.45, 7) is 8.50. The van der Waals surface area contributed by atoms with Crippen LogP contribution in [0.25, 0.3) is 0 Å². The van der Waals surface area contributed by atoms with E-state index in [4.69, 9.17) is 0 Å². The van der Waals surface area contributed by atoms with Gasteiger partial charge in [-0.15, -0.1) is 0 Å². The molecule has 0 aromatic heterocycles. The fourth-order valence-electron chi connectivity index (χ4n) is 0.710. The van der Waals surface area contributed by atoms with Crippen molar-refractivity contribution in [3.63, 3.8) is 0 Å². The second kappa shape index (κ2) is 4.81. The molecule has 2 heteroatoms. The standard InChI is InChI=1S/C9H18OS/c1-5-11-8(10)6-7-9(2,3)4/h5-7H2,1-4H3. The highest BCUT2D eigenvalue weighted by Crippen LogP contribution is 2.22. The molecule has 0 rings (SSSR count). The van der Waals surface area contributed by atoms with Gasteiger partial charge in [0.1, 0.15) is 0 Å². The Balaban J connectivity index is 3.46. The van der Waals surface area contributed by atoms with Crippen LogP contribution >= 0.6 is 11.8 Å². The van der Waals surface area contributed by atoms with E-state index < -0.39 is 0 Å². The van der Waals surface area contributed by atoms with Crippen LogP contribution in [0, 0.1) is 5.41 Å². The molecule has 0 radical (unpaired) electrons. The molecular weight excluding hydrogens is 156 g/mol. The lowest BCUT2D eigenvalue weighted by molar-refractivity contribution is -0.111. The summed E-state index contributed by atoms with van der Waals surface area (Å²) in [4.78, 5) is 11.1. The summed E-state index contributed by atoms with van der Waals surface area (Å²) >= 11 is 1.43. The minimum Gasteiger partial charge on any atom is -0.287 e. The third-order valence-electron chi connectivity index (χ3n) is 1.38. The monoisotopic (exact) mass is 174 g/mol. The molecule has 0 saturated carbocycles. The first kappa shape index (κ1) is 11.0. The van der Waals surface area contributed by atoms with Gasteiger partial charge in [-0.2, -0.15) is 0 Å². The maximum Gasteiger partial charge on any atom is 0.188 e. The second-order valence-corrected chi connectivity index (χ2v) is 5.19. The van der Waals surface area contributed by atoms with Gasteiger partial charge in [0.05, 0.1) is 0 Å². The Labute approximate surface area is 73.9 Å². The van der Waals surface area contributed by atoms with Crippen LogP contribution in [-0.2, 0) is 4.79 Å². The number of hydrogen-bond acceptors (Lipinski definition) is 2. The lowest BCUT2D eigenvalue weighted by Gasteiger charge is -2.16. The van der Waals surface area contributed by atoms with E-state index in [1.165, 1.54) is 11.8 Å². The highest BCUT2D eigenvalue weighted by atomic mass is 32.2. The van der Waals surface area contributed by atoms with Crippen LogP contribution < -0.4 is 0 Å². The van der Waals surface area contributed by atoms with Gasteiger partial charge < -0.3 is 0 Å². The summed E-state index contributed by atoms with van der Waals surface area (Å²) in [5.41, 5.74) is 0.296. The van der Waals surface area contributed by atoms with Gasteiger partial charge in [-0.3, -0.25) is 4.79 Å². The molecule has 0 aliphatic rings. The first-order valence-corrected chi connectivity index (χ1v) is 5.10. The third-order valence-corrected chi connectivity index (χ3v) is 2.20. The topological polar surface area (TPSA) is 17.1 Å². The summed E-state index contributed by atoms with van der Waals surface area (Å²) in [6.07, 6.45) is 1.72. The molecule has 0 spiro atoms. The lowest BCUT2D eigenvalue weighted by atomic mass is 9.91. The first-order chi connectivity index (χ1) is 4.95. The molecule has 0 N–H and O–H groups in total. The predicted molar refractivity (Wildman–Crippen MR) is 51.8 cm³/mol. The van der Waals surface area contributed by atoms with Crippen molar-refractivity contribution in [1.82, 2.24) is 0 Å². The largest absolute Gasteiger partial charge is 0.287 e. The van der Waals surface area contributed by atoms with E-state index in [0.717, 1.165) is 18.6 Å². The number of thioether (sulfide) groups is 1. The molecule has 1 nitrogen and oxygen atoms in total. The molecule has 66 valence electrons. The van der Waals surface area contributed by atoms with Crippen LogP contribution in [0.4, 0.5) is 0 Å². The zero-order chi connectivity index (χ0) is 8.91. The van der Waals surface area contributed by atoms with Crippen LogP contribution in [0.5, 0.6) is 0 Å². The molecule has 0 unspecified atom stereocenters. The van der Waals surface area contributed by atoms with Gasteiger partial charge in [0.15, 0.2) is 5.12 Å². The van der Waals surface area contributed by atoms with E-state index in [2.05, 4.69) is 20.8 Å². The van der Waals surface area contributed by atoms with Gasteiger partial charge >= 0.3 is 0 Å². The van der Waals surface area contributed by atoms with Crippen LogP contribution in [0.15, 0.2) is 0 Å². The number of rotatable bonds is 3. The average Bonchev–Trinajstić information content (AvgIpc) is 1.83. The molecule has 0 bridgehead atoms. The Hall–Kier alpha value is 0.0200. The molecule has 0 aromatic rings. The minimum absolute atomic E-state index is 0.296. The Bertz CT molecular complexity index is 124. The lowest BCUT2D eigenvalue weighted by Crippen LogP contribution is -2.07. The van der Waals surface area contributed by atoms with Gasteiger partial charge in [-0.1, -0.05) is 39.5 Å². The summed E-state index contributed by atoms with van der Waals surface area (Å²) < 4.78 is 0. The van der Waals surface area contributed by atoms with Crippen LogP contribution in [0.1, 0.15) is 40.5 Å². The van der Waals surface area contributed by atoms with Crippen molar-refractivity contribution in [3.05, 3.63) is 0 Å². The van der Waals surface area contributed by atoms with Crippen molar-refractivity contribution < 1.29 is 4.79 Å². The smallest absolute Gasteiger partial charge is 0.188 e. The van der Waals surface area contributed by atoms with Gasteiger partial charge in [-0.05, 0) is 17.6 Å². The number of carbonyl (C=O) groups excluding carboxylic acids is 1. The van der Waals surface area contributed by atoms with Crippen LogP contribution in [0.2, 0.25) is 0 Å². The Morgan fingerprint density at radius 2 is 1.91 bits per heavy atom. The Kier molecular flexibility index (Phi) is 4.82. The van der Waals surface area contributed by atoms with Gasteiger partial charge in [0.2, 0.25) is 0 Å². The van der Waals surface area contributed by atoms with Gasteiger partial charge in [0.25, 0.3) is 0 Å². The molecule has 0 atom stereocenters. The summed E-state index contributed by atoms with van der Waals surface area (Å²) in [5.74, 6) is 0.906. The minimum atomic E-state index is 0.296. The summed E-state index contributed by atoms with van der Waals surface area (Å²) in [5, 5.41) is 0.336. The fourth-order valence-corrected chi connectivity index (χ4v) is 1.28. The zero-order valence-corrected chi connectivity index (χ0v) is 8.75. The number of carbonyl (C=O) groups is 1. The molecule has 0 aromatic carbocycles. The number of hydrogen-bond donors (Lipinski definition) is 0.